The van der Waals surface area contributed by atoms with Crippen molar-refractivity contribution in [1.29, 1.82) is 0 Å². The van der Waals surface area contributed by atoms with Crippen LogP contribution in [0.15, 0.2) is 36.4 Å². The molecule has 0 spiro atoms. The highest BCUT2D eigenvalue weighted by molar-refractivity contribution is 6.35. The number of nitrogens with zero attached hydrogens (tertiary/aromatic N) is 2. The minimum absolute atomic E-state index is 0.742. The summed E-state index contributed by atoms with van der Waals surface area (Å²) in [5, 5.41) is 4.12. The van der Waals surface area contributed by atoms with E-state index >= 15 is 0 Å². The zero-order valence-electron chi connectivity index (χ0n) is 11.2. The quantitative estimate of drug-likeness (QED) is 0.735. The largest absolute Gasteiger partial charge is 0.384 e. The van der Waals surface area contributed by atoms with E-state index in [-0.39, 0.29) is 0 Å². The molecular weight excluding hydrogens is 270 g/mol. The molecule has 0 atom stereocenters. The van der Waals surface area contributed by atoms with E-state index in [1.54, 1.807) is 0 Å². The van der Waals surface area contributed by atoms with Gasteiger partial charge < -0.3 is 9.88 Å². The first kappa shape index (κ1) is 11.8. The van der Waals surface area contributed by atoms with Crippen molar-refractivity contribution in [2.75, 3.05) is 11.9 Å². The number of aromatic nitrogens is 2. The SMILES string of the molecule is Cn1c(-c2ccc3c(c2)CCN3)nc2cccc(Cl)c21. The summed E-state index contributed by atoms with van der Waals surface area (Å²) >= 11 is 6.29. The molecular formula is C16H14ClN3. The van der Waals surface area contributed by atoms with Gasteiger partial charge in [0.1, 0.15) is 5.82 Å². The standard InChI is InChI=1S/C16H14ClN3/c1-20-15-12(17)3-2-4-14(15)19-16(20)11-5-6-13-10(9-11)7-8-18-13/h2-6,9,18H,7-8H2,1H3. The molecule has 4 rings (SSSR count). The highest BCUT2D eigenvalue weighted by Crippen LogP contribution is 2.31. The molecule has 1 aliphatic heterocycles. The number of benzene rings is 2. The fraction of sp³-hybridized carbons (Fsp3) is 0.188. The lowest BCUT2D eigenvalue weighted by Gasteiger charge is -2.06. The van der Waals surface area contributed by atoms with E-state index in [9.17, 15) is 0 Å². The Hall–Kier alpha value is -2.00. The number of halogens is 1. The van der Waals surface area contributed by atoms with E-state index in [1.165, 1.54) is 11.3 Å². The third kappa shape index (κ3) is 1.63. The fourth-order valence-electron chi connectivity index (χ4n) is 2.92. The van der Waals surface area contributed by atoms with E-state index in [0.29, 0.717) is 0 Å². The van der Waals surface area contributed by atoms with Crippen molar-refractivity contribution < 1.29 is 0 Å². The number of hydrogen-bond donors (Lipinski definition) is 1. The lowest BCUT2D eigenvalue weighted by Crippen LogP contribution is -1.93. The average molecular weight is 284 g/mol. The second kappa shape index (κ2) is 4.25. The van der Waals surface area contributed by atoms with Gasteiger partial charge in [-0.1, -0.05) is 17.7 Å². The van der Waals surface area contributed by atoms with Crippen LogP contribution in [-0.4, -0.2) is 16.1 Å². The van der Waals surface area contributed by atoms with Gasteiger partial charge in [0.15, 0.2) is 0 Å². The molecule has 0 fully saturated rings. The van der Waals surface area contributed by atoms with Crippen LogP contribution in [0.4, 0.5) is 5.69 Å². The average Bonchev–Trinajstić information content (AvgIpc) is 3.03. The second-order valence-corrected chi connectivity index (χ2v) is 5.56. The van der Waals surface area contributed by atoms with Crippen LogP contribution in [0.3, 0.4) is 0 Å². The molecule has 0 bridgehead atoms. The number of nitrogens with one attached hydrogen (secondary N) is 1. The third-order valence-electron chi connectivity index (χ3n) is 3.92. The lowest BCUT2D eigenvalue weighted by molar-refractivity contribution is 0.959. The summed E-state index contributed by atoms with van der Waals surface area (Å²) in [4.78, 5) is 4.73. The Kier molecular flexibility index (Phi) is 2.51. The fourth-order valence-corrected chi connectivity index (χ4v) is 3.22. The molecule has 100 valence electrons. The molecule has 0 saturated carbocycles. The maximum atomic E-state index is 6.29. The minimum atomic E-state index is 0.742. The number of fused-ring (bicyclic) bond motifs is 2. The highest BCUT2D eigenvalue weighted by Gasteiger charge is 2.15. The Morgan fingerprint density at radius 2 is 2.15 bits per heavy atom. The summed E-state index contributed by atoms with van der Waals surface area (Å²) in [5.41, 5.74) is 5.67. The van der Waals surface area contributed by atoms with E-state index in [4.69, 9.17) is 16.6 Å². The van der Waals surface area contributed by atoms with Gasteiger partial charge in [0, 0.05) is 24.8 Å². The number of para-hydroxylation sites is 1. The van der Waals surface area contributed by atoms with Gasteiger partial charge in [-0.05, 0) is 42.3 Å². The molecule has 3 nitrogen and oxygen atoms in total. The van der Waals surface area contributed by atoms with Gasteiger partial charge in [0.05, 0.1) is 16.1 Å². The number of anilines is 1. The van der Waals surface area contributed by atoms with Gasteiger partial charge in [-0.25, -0.2) is 4.98 Å². The van der Waals surface area contributed by atoms with Crippen molar-refractivity contribution in [2.45, 2.75) is 6.42 Å². The molecule has 0 radical (unpaired) electrons. The zero-order valence-corrected chi connectivity index (χ0v) is 11.9. The Morgan fingerprint density at radius 3 is 3.00 bits per heavy atom. The highest BCUT2D eigenvalue weighted by atomic mass is 35.5. The smallest absolute Gasteiger partial charge is 0.140 e. The number of hydrogen-bond acceptors (Lipinski definition) is 2. The van der Waals surface area contributed by atoms with Crippen LogP contribution in [0.5, 0.6) is 0 Å². The first-order valence-corrected chi connectivity index (χ1v) is 7.10. The van der Waals surface area contributed by atoms with E-state index in [0.717, 1.165) is 40.4 Å². The first-order valence-electron chi connectivity index (χ1n) is 6.72. The number of imidazole rings is 1. The van der Waals surface area contributed by atoms with Crippen LogP contribution >= 0.6 is 11.6 Å². The minimum Gasteiger partial charge on any atom is -0.384 e. The lowest BCUT2D eigenvalue weighted by atomic mass is 10.1. The van der Waals surface area contributed by atoms with Gasteiger partial charge in [-0.3, -0.25) is 0 Å². The number of aryl methyl sites for hydroxylation is 1. The van der Waals surface area contributed by atoms with Crippen LogP contribution in [0.25, 0.3) is 22.4 Å². The monoisotopic (exact) mass is 283 g/mol. The molecule has 0 unspecified atom stereocenters. The molecule has 3 aromatic rings. The van der Waals surface area contributed by atoms with Gasteiger partial charge in [-0.15, -0.1) is 0 Å². The predicted octanol–water partition coefficient (Wildman–Crippen LogP) is 3.86. The normalized spacial score (nSPS) is 13.5. The zero-order chi connectivity index (χ0) is 13.7. The van der Waals surface area contributed by atoms with Crippen LogP contribution < -0.4 is 5.32 Å². The Bertz CT molecular complexity index is 820. The summed E-state index contributed by atoms with van der Waals surface area (Å²) in [5.74, 6) is 0.961. The van der Waals surface area contributed by atoms with Gasteiger partial charge >= 0.3 is 0 Å². The van der Waals surface area contributed by atoms with E-state index < -0.39 is 0 Å². The summed E-state index contributed by atoms with van der Waals surface area (Å²) in [6, 6.07) is 12.3. The molecule has 4 heteroatoms. The van der Waals surface area contributed by atoms with E-state index in [2.05, 4.69) is 28.1 Å². The van der Waals surface area contributed by atoms with Crippen LogP contribution in [0.2, 0.25) is 5.02 Å². The van der Waals surface area contributed by atoms with Crippen molar-refractivity contribution in [1.82, 2.24) is 9.55 Å². The molecule has 1 aliphatic rings. The molecule has 2 heterocycles. The predicted molar refractivity (Wildman–Crippen MR) is 83.4 cm³/mol. The van der Waals surface area contributed by atoms with Gasteiger partial charge in [-0.2, -0.15) is 0 Å². The molecule has 0 aliphatic carbocycles. The van der Waals surface area contributed by atoms with Gasteiger partial charge in [0.25, 0.3) is 0 Å². The molecule has 0 saturated heterocycles. The van der Waals surface area contributed by atoms with Crippen molar-refractivity contribution in [2.24, 2.45) is 7.05 Å². The Balaban J connectivity index is 1.94. The molecule has 2 aromatic carbocycles. The molecule has 1 N–H and O–H groups in total. The summed E-state index contributed by atoms with van der Waals surface area (Å²) in [7, 11) is 2.02. The molecule has 0 amide bonds. The van der Waals surface area contributed by atoms with Crippen molar-refractivity contribution in [3.63, 3.8) is 0 Å². The van der Waals surface area contributed by atoms with E-state index in [1.807, 2.05) is 25.2 Å². The van der Waals surface area contributed by atoms with Crippen LogP contribution in [-0.2, 0) is 13.5 Å². The second-order valence-electron chi connectivity index (χ2n) is 5.15. The molecule has 20 heavy (non-hydrogen) atoms. The Morgan fingerprint density at radius 1 is 1.25 bits per heavy atom. The van der Waals surface area contributed by atoms with Crippen molar-refractivity contribution in [3.8, 4) is 11.4 Å². The summed E-state index contributed by atoms with van der Waals surface area (Å²) in [6.45, 7) is 1.02. The summed E-state index contributed by atoms with van der Waals surface area (Å²) in [6.07, 6.45) is 1.08. The number of rotatable bonds is 1. The Labute approximate surface area is 122 Å². The van der Waals surface area contributed by atoms with Crippen LogP contribution in [0.1, 0.15) is 5.56 Å². The van der Waals surface area contributed by atoms with Gasteiger partial charge in [0.2, 0.25) is 0 Å². The first-order chi connectivity index (χ1) is 9.74. The van der Waals surface area contributed by atoms with Crippen molar-refractivity contribution in [3.05, 3.63) is 47.0 Å². The third-order valence-corrected chi connectivity index (χ3v) is 4.22. The van der Waals surface area contributed by atoms with Crippen LogP contribution in [0, 0.1) is 0 Å². The maximum absolute atomic E-state index is 6.29. The summed E-state index contributed by atoms with van der Waals surface area (Å²) < 4.78 is 2.07. The maximum Gasteiger partial charge on any atom is 0.140 e. The van der Waals surface area contributed by atoms with Crippen molar-refractivity contribution >= 4 is 28.3 Å². The molecule has 1 aromatic heterocycles. The topological polar surface area (TPSA) is 29.9 Å².